The molecule has 2 atom stereocenters. The molecule has 0 radical (unpaired) electrons. The highest BCUT2D eigenvalue weighted by Gasteiger charge is 2.24. The lowest BCUT2D eigenvalue weighted by Crippen LogP contribution is -2.21. The molecule has 13 heavy (non-hydrogen) atoms. The molecule has 0 bridgehead atoms. The molecule has 1 saturated heterocycles. The second kappa shape index (κ2) is 5.91. The van der Waals surface area contributed by atoms with Crippen molar-refractivity contribution >= 4 is 33.7 Å². The summed E-state index contributed by atoms with van der Waals surface area (Å²) in [6.07, 6.45) is 3.13. The summed E-state index contributed by atoms with van der Waals surface area (Å²) < 4.78 is 5.17. The summed E-state index contributed by atoms with van der Waals surface area (Å²) in [6, 6.07) is 0. The molecular weight excluding hydrogens is 252 g/mol. The van der Waals surface area contributed by atoms with Gasteiger partial charge in [0.1, 0.15) is 11.9 Å². The normalized spacial score (nSPS) is 24.3. The number of carbonyl (C=O) groups excluding carboxylic acids is 1. The number of hydrogen-bond donors (Lipinski definition) is 0. The third kappa shape index (κ3) is 3.90. The highest BCUT2D eigenvalue weighted by Crippen LogP contribution is 2.27. The first-order valence-electron chi connectivity index (χ1n) is 4.66. The first-order chi connectivity index (χ1) is 6.24. The first-order valence-corrected chi connectivity index (χ1v) is 6.62. The molecule has 0 spiro atoms. The van der Waals surface area contributed by atoms with Crippen molar-refractivity contribution in [2.24, 2.45) is 0 Å². The van der Waals surface area contributed by atoms with Gasteiger partial charge in [0.05, 0.1) is 0 Å². The van der Waals surface area contributed by atoms with Crippen molar-refractivity contribution < 1.29 is 9.53 Å². The maximum atomic E-state index is 11.4. The second-order valence-corrected chi connectivity index (χ2v) is 5.74. The molecule has 4 heteroatoms. The van der Waals surface area contributed by atoms with Crippen LogP contribution in [0.25, 0.3) is 0 Å². The molecule has 0 aromatic carbocycles. The number of halogens is 1. The summed E-state index contributed by atoms with van der Waals surface area (Å²) in [5.74, 6) is 1.08. The van der Waals surface area contributed by atoms with Crippen LogP contribution >= 0.6 is 27.7 Å². The van der Waals surface area contributed by atoms with Gasteiger partial charge < -0.3 is 4.74 Å². The standard InChI is InChI=1S/C9H15BrO2S/c1-2-7(10)6-12-9(11)8-4-3-5-13-8/h7-8H,2-6H2,1H3. The maximum absolute atomic E-state index is 11.4. The molecular formula is C9H15BrO2S. The zero-order valence-electron chi connectivity index (χ0n) is 7.79. The van der Waals surface area contributed by atoms with Gasteiger partial charge in [-0.25, -0.2) is 0 Å². The van der Waals surface area contributed by atoms with Crippen molar-refractivity contribution in [3.05, 3.63) is 0 Å². The largest absolute Gasteiger partial charge is 0.464 e. The number of ether oxygens (including phenoxy) is 1. The lowest BCUT2D eigenvalue weighted by molar-refractivity contribution is -0.142. The van der Waals surface area contributed by atoms with Crippen molar-refractivity contribution in [3.8, 4) is 0 Å². The maximum Gasteiger partial charge on any atom is 0.319 e. The monoisotopic (exact) mass is 266 g/mol. The fraction of sp³-hybridized carbons (Fsp3) is 0.889. The Kier molecular flexibility index (Phi) is 5.17. The Morgan fingerprint density at radius 1 is 1.77 bits per heavy atom. The van der Waals surface area contributed by atoms with Crippen LogP contribution in [0.3, 0.4) is 0 Å². The number of carbonyl (C=O) groups is 1. The molecule has 2 nitrogen and oxygen atoms in total. The van der Waals surface area contributed by atoms with Gasteiger partial charge in [-0.15, -0.1) is 11.8 Å². The van der Waals surface area contributed by atoms with E-state index in [4.69, 9.17) is 4.74 Å². The van der Waals surface area contributed by atoms with Crippen molar-refractivity contribution in [2.75, 3.05) is 12.4 Å². The minimum absolute atomic E-state index is 0.0274. The van der Waals surface area contributed by atoms with E-state index in [1.807, 2.05) is 0 Å². The number of rotatable bonds is 4. The molecule has 0 saturated carbocycles. The van der Waals surface area contributed by atoms with Crippen LogP contribution in [0.5, 0.6) is 0 Å². The van der Waals surface area contributed by atoms with E-state index in [1.165, 1.54) is 0 Å². The van der Waals surface area contributed by atoms with E-state index in [-0.39, 0.29) is 11.2 Å². The zero-order valence-corrected chi connectivity index (χ0v) is 10.2. The minimum Gasteiger partial charge on any atom is -0.464 e. The summed E-state index contributed by atoms with van der Waals surface area (Å²) in [5, 5.41) is 0.108. The highest BCUT2D eigenvalue weighted by molar-refractivity contribution is 9.09. The van der Waals surface area contributed by atoms with Crippen LogP contribution in [-0.4, -0.2) is 28.4 Å². The van der Waals surface area contributed by atoms with Gasteiger partial charge in [0.2, 0.25) is 0 Å². The van der Waals surface area contributed by atoms with Crippen LogP contribution < -0.4 is 0 Å². The lowest BCUT2D eigenvalue weighted by Gasteiger charge is -2.11. The fourth-order valence-electron chi connectivity index (χ4n) is 1.15. The Hall–Kier alpha value is 0.300. The smallest absolute Gasteiger partial charge is 0.319 e. The topological polar surface area (TPSA) is 26.3 Å². The van der Waals surface area contributed by atoms with Crippen molar-refractivity contribution in [2.45, 2.75) is 36.3 Å². The van der Waals surface area contributed by atoms with Gasteiger partial charge in [0, 0.05) is 4.83 Å². The molecule has 1 fully saturated rings. The third-order valence-corrected chi connectivity index (χ3v) is 4.31. The Balaban J connectivity index is 2.16. The molecule has 1 rings (SSSR count). The van der Waals surface area contributed by atoms with E-state index >= 15 is 0 Å². The van der Waals surface area contributed by atoms with E-state index in [1.54, 1.807) is 11.8 Å². The summed E-state index contributed by atoms with van der Waals surface area (Å²) >= 11 is 5.15. The first kappa shape index (κ1) is 11.4. The Morgan fingerprint density at radius 2 is 2.54 bits per heavy atom. The van der Waals surface area contributed by atoms with Crippen molar-refractivity contribution in [1.82, 2.24) is 0 Å². The Bertz CT molecular complexity index is 169. The molecule has 1 heterocycles. The van der Waals surface area contributed by atoms with Crippen LogP contribution in [0, 0.1) is 0 Å². The van der Waals surface area contributed by atoms with Gasteiger partial charge in [-0.3, -0.25) is 4.79 Å². The van der Waals surface area contributed by atoms with Gasteiger partial charge in [-0.1, -0.05) is 22.9 Å². The Labute approximate surface area is 91.9 Å². The molecule has 1 aliphatic heterocycles. The van der Waals surface area contributed by atoms with E-state index in [0.717, 1.165) is 25.0 Å². The van der Waals surface area contributed by atoms with E-state index in [0.29, 0.717) is 11.4 Å². The summed E-state index contributed by atoms with van der Waals surface area (Å²) in [4.78, 5) is 11.7. The summed E-state index contributed by atoms with van der Waals surface area (Å²) in [6.45, 7) is 2.57. The van der Waals surface area contributed by atoms with Crippen LogP contribution in [0.2, 0.25) is 0 Å². The number of thioether (sulfide) groups is 1. The van der Waals surface area contributed by atoms with E-state index in [2.05, 4.69) is 22.9 Å². The second-order valence-electron chi connectivity index (χ2n) is 3.14. The third-order valence-electron chi connectivity index (χ3n) is 2.04. The molecule has 0 aromatic rings. The van der Waals surface area contributed by atoms with Crippen LogP contribution in [0.15, 0.2) is 0 Å². The number of alkyl halides is 1. The summed E-state index contributed by atoms with van der Waals surface area (Å²) in [5.41, 5.74) is 0. The lowest BCUT2D eigenvalue weighted by atomic mass is 10.2. The van der Waals surface area contributed by atoms with Crippen LogP contribution in [0.1, 0.15) is 26.2 Å². The van der Waals surface area contributed by atoms with Crippen molar-refractivity contribution in [3.63, 3.8) is 0 Å². The SMILES string of the molecule is CCC(Br)COC(=O)C1CCCS1. The van der Waals surface area contributed by atoms with Gasteiger partial charge in [0.25, 0.3) is 0 Å². The van der Waals surface area contributed by atoms with Gasteiger partial charge in [0.15, 0.2) is 0 Å². The van der Waals surface area contributed by atoms with E-state index in [9.17, 15) is 4.79 Å². The molecule has 0 N–H and O–H groups in total. The molecule has 2 unspecified atom stereocenters. The number of hydrogen-bond acceptors (Lipinski definition) is 3. The molecule has 1 aliphatic rings. The van der Waals surface area contributed by atoms with Crippen LogP contribution in [-0.2, 0) is 9.53 Å². The molecule has 0 amide bonds. The zero-order chi connectivity index (χ0) is 9.68. The molecule has 0 aromatic heterocycles. The quantitative estimate of drug-likeness (QED) is 0.578. The molecule has 76 valence electrons. The fourth-order valence-corrected chi connectivity index (χ4v) is 2.43. The van der Waals surface area contributed by atoms with E-state index < -0.39 is 0 Å². The van der Waals surface area contributed by atoms with Gasteiger partial charge >= 0.3 is 5.97 Å². The van der Waals surface area contributed by atoms with Crippen LogP contribution in [0.4, 0.5) is 0 Å². The average Bonchev–Trinajstić information content (AvgIpc) is 2.66. The van der Waals surface area contributed by atoms with Crippen molar-refractivity contribution in [1.29, 1.82) is 0 Å². The highest BCUT2D eigenvalue weighted by atomic mass is 79.9. The predicted molar refractivity (Wildman–Crippen MR) is 59.4 cm³/mol. The average molecular weight is 267 g/mol. The van der Waals surface area contributed by atoms with Gasteiger partial charge in [-0.2, -0.15) is 0 Å². The predicted octanol–water partition coefficient (Wildman–Crippen LogP) is 2.60. The van der Waals surface area contributed by atoms with Gasteiger partial charge in [-0.05, 0) is 25.0 Å². The Morgan fingerprint density at radius 3 is 3.08 bits per heavy atom. The molecule has 0 aliphatic carbocycles. The minimum atomic E-state index is -0.0274. The number of esters is 1. The summed E-state index contributed by atoms with van der Waals surface area (Å²) in [7, 11) is 0.